The third-order valence-electron chi connectivity index (χ3n) is 3.87. The van der Waals surface area contributed by atoms with Crippen LogP contribution in [-0.2, 0) is 4.79 Å². The maximum absolute atomic E-state index is 13.1. The molecule has 112 valence electrons. The molecule has 0 bridgehead atoms. The Labute approximate surface area is 129 Å². The van der Waals surface area contributed by atoms with E-state index in [2.05, 4.69) is 5.10 Å². The molecule has 1 amide bonds. The molecule has 4 heteroatoms. The normalized spacial score (nSPS) is 17.5. The number of hydrazone groups is 1. The number of halogens is 1. The Morgan fingerprint density at radius 2 is 1.77 bits per heavy atom. The zero-order valence-electron chi connectivity index (χ0n) is 12.6. The average molecular weight is 296 g/mol. The van der Waals surface area contributed by atoms with Crippen LogP contribution in [0.5, 0.6) is 0 Å². The summed E-state index contributed by atoms with van der Waals surface area (Å²) in [4.78, 5) is 11.9. The van der Waals surface area contributed by atoms with Crippen LogP contribution in [0.2, 0.25) is 0 Å². The topological polar surface area (TPSA) is 32.7 Å². The summed E-state index contributed by atoms with van der Waals surface area (Å²) in [7, 11) is 0. The second kappa shape index (κ2) is 5.72. The SMILES string of the molecule is CC(=O)N1N=C(c2ccc(F)cc2)C[C@@H]1c1ccc(C)cc1. The molecular formula is C18H17FN2O. The van der Waals surface area contributed by atoms with E-state index < -0.39 is 0 Å². The molecule has 1 heterocycles. The fourth-order valence-electron chi connectivity index (χ4n) is 2.67. The van der Waals surface area contributed by atoms with Gasteiger partial charge in [-0.05, 0) is 30.2 Å². The number of rotatable bonds is 2. The van der Waals surface area contributed by atoms with Crippen LogP contribution in [0.15, 0.2) is 53.6 Å². The van der Waals surface area contributed by atoms with E-state index in [9.17, 15) is 9.18 Å². The van der Waals surface area contributed by atoms with Crippen LogP contribution in [0.4, 0.5) is 4.39 Å². The molecule has 0 saturated heterocycles. The van der Waals surface area contributed by atoms with Gasteiger partial charge in [0.15, 0.2) is 0 Å². The number of hydrogen-bond donors (Lipinski definition) is 0. The van der Waals surface area contributed by atoms with Crippen LogP contribution in [-0.4, -0.2) is 16.6 Å². The first-order chi connectivity index (χ1) is 10.5. The van der Waals surface area contributed by atoms with E-state index in [-0.39, 0.29) is 17.8 Å². The van der Waals surface area contributed by atoms with Crippen LogP contribution in [0.3, 0.4) is 0 Å². The lowest BCUT2D eigenvalue weighted by atomic mass is 9.98. The summed E-state index contributed by atoms with van der Waals surface area (Å²) in [6, 6.07) is 14.2. The average Bonchev–Trinajstić information content (AvgIpc) is 2.94. The summed E-state index contributed by atoms with van der Waals surface area (Å²) in [5.41, 5.74) is 3.89. The van der Waals surface area contributed by atoms with Gasteiger partial charge in [0.25, 0.3) is 0 Å². The number of amides is 1. The predicted molar refractivity (Wildman–Crippen MR) is 84.0 cm³/mol. The summed E-state index contributed by atoms with van der Waals surface area (Å²) in [5, 5.41) is 5.96. The standard InChI is InChI=1S/C18H17FN2O/c1-12-3-5-15(6-4-12)18-11-17(20-21(18)13(2)22)14-7-9-16(19)10-8-14/h3-10,18H,11H2,1-2H3/t18-/m1/s1. The minimum atomic E-state index is -0.277. The number of aryl methyl sites for hydroxylation is 1. The number of benzene rings is 2. The summed E-state index contributed by atoms with van der Waals surface area (Å²) in [6.07, 6.45) is 0.633. The van der Waals surface area contributed by atoms with Gasteiger partial charge in [0.05, 0.1) is 11.8 Å². The molecule has 0 fully saturated rings. The Balaban J connectivity index is 1.92. The summed E-state index contributed by atoms with van der Waals surface area (Å²) >= 11 is 0. The van der Waals surface area contributed by atoms with Crippen molar-refractivity contribution >= 4 is 11.6 Å². The quantitative estimate of drug-likeness (QED) is 0.829. The van der Waals surface area contributed by atoms with Crippen LogP contribution in [0.25, 0.3) is 0 Å². The van der Waals surface area contributed by atoms with Crippen molar-refractivity contribution in [3.05, 3.63) is 71.0 Å². The Hall–Kier alpha value is -2.49. The number of nitrogens with zero attached hydrogens (tertiary/aromatic N) is 2. The maximum Gasteiger partial charge on any atom is 0.240 e. The molecule has 0 aromatic heterocycles. The van der Waals surface area contributed by atoms with Crippen LogP contribution in [0, 0.1) is 12.7 Å². The number of carbonyl (C=O) groups is 1. The minimum Gasteiger partial charge on any atom is -0.273 e. The Kier molecular flexibility index (Phi) is 3.75. The van der Waals surface area contributed by atoms with Gasteiger partial charge in [-0.15, -0.1) is 0 Å². The van der Waals surface area contributed by atoms with Crippen LogP contribution < -0.4 is 0 Å². The molecule has 1 atom stereocenters. The van der Waals surface area contributed by atoms with Crippen LogP contribution in [0.1, 0.15) is 36.1 Å². The summed E-state index contributed by atoms with van der Waals surface area (Å²) in [6.45, 7) is 3.54. The highest BCUT2D eigenvalue weighted by molar-refractivity contribution is 6.03. The molecule has 0 unspecified atom stereocenters. The van der Waals surface area contributed by atoms with Crippen LogP contribution >= 0.6 is 0 Å². The molecule has 0 radical (unpaired) electrons. The molecule has 0 N–H and O–H groups in total. The van der Waals surface area contributed by atoms with E-state index in [1.807, 2.05) is 31.2 Å². The minimum absolute atomic E-state index is 0.0947. The third-order valence-corrected chi connectivity index (χ3v) is 3.87. The van der Waals surface area contributed by atoms with E-state index in [1.54, 1.807) is 12.1 Å². The number of hydrogen-bond acceptors (Lipinski definition) is 2. The van der Waals surface area contributed by atoms with Gasteiger partial charge in [0, 0.05) is 13.3 Å². The van der Waals surface area contributed by atoms with E-state index in [0.717, 1.165) is 16.8 Å². The van der Waals surface area contributed by atoms with Crippen molar-refractivity contribution in [2.75, 3.05) is 0 Å². The Morgan fingerprint density at radius 3 is 2.36 bits per heavy atom. The van der Waals surface area contributed by atoms with Crippen molar-refractivity contribution in [2.45, 2.75) is 26.3 Å². The van der Waals surface area contributed by atoms with Gasteiger partial charge in [-0.3, -0.25) is 4.79 Å². The smallest absolute Gasteiger partial charge is 0.240 e. The van der Waals surface area contributed by atoms with Gasteiger partial charge < -0.3 is 0 Å². The molecule has 1 aliphatic heterocycles. The van der Waals surface area contributed by atoms with E-state index in [4.69, 9.17) is 0 Å². The molecule has 22 heavy (non-hydrogen) atoms. The van der Waals surface area contributed by atoms with Crippen molar-refractivity contribution in [1.82, 2.24) is 5.01 Å². The lowest BCUT2D eigenvalue weighted by molar-refractivity contribution is -0.130. The van der Waals surface area contributed by atoms with Gasteiger partial charge in [-0.1, -0.05) is 42.0 Å². The van der Waals surface area contributed by atoms with Crippen molar-refractivity contribution in [3.8, 4) is 0 Å². The van der Waals surface area contributed by atoms with Gasteiger partial charge in [-0.25, -0.2) is 9.40 Å². The van der Waals surface area contributed by atoms with E-state index >= 15 is 0 Å². The fourth-order valence-corrected chi connectivity index (χ4v) is 2.67. The molecule has 1 aliphatic rings. The molecule has 2 aromatic carbocycles. The third kappa shape index (κ3) is 2.77. The first kappa shape index (κ1) is 14.4. The van der Waals surface area contributed by atoms with Gasteiger partial charge >= 0.3 is 0 Å². The molecule has 0 saturated carbocycles. The van der Waals surface area contributed by atoms with Gasteiger partial charge in [0.2, 0.25) is 5.91 Å². The van der Waals surface area contributed by atoms with Crippen molar-refractivity contribution in [2.24, 2.45) is 5.10 Å². The number of carbonyl (C=O) groups excluding carboxylic acids is 1. The fraction of sp³-hybridized carbons (Fsp3) is 0.222. The highest BCUT2D eigenvalue weighted by Crippen LogP contribution is 2.32. The van der Waals surface area contributed by atoms with Crippen molar-refractivity contribution in [3.63, 3.8) is 0 Å². The molecule has 0 aliphatic carbocycles. The molecule has 0 spiro atoms. The predicted octanol–water partition coefficient (Wildman–Crippen LogP) is 3.83. The first-order valence-electron chi connectivity index (χ1n) is 7.24. The Morgan fingerprint density at radius 1 is 1.14 bits per heavy atom. The molecule has 3 nitrogen and oxygen atoms in total. The highest BCUT2D eigenvalue weighted by Gasteiger charge is 2.31. The molecule has 2 aromatic rings. The van der Waals surface area contributed by atoms with E-state index in [1.165, 1.54) is 29.6 Å². The lowest BCUT2D eigenvalue weighted by Crippen LogP contribution is -2.24. The highest BCUT2D eigenvalue weighted by atomic mass is 19.1. The Bertz CT molecular complexity index is 720. The summed E-state index contributed by atoms with van der Waals surface area (Å²) in [5.74, 6) is -0.372. The largest absolute Gasteiger partial charge is 0.273 e. The summed E-state index contributed by atoms with van der Waals surface area (Å²) < 4.78 is 13.1. The zero-order chi connectivity index (χ0) is 15.7. The van der Waals surface area contributed by atoms with E-state index in [0.29, 0.717) is 6.42 Å². The van der Waals surface area contributed by atoms with Crippen molar-refractivity contribution in [1.29, 1.82) is 0 Å². The zero-order valence-corrected chi connectivity index (χ0v) is 12.6. The second-order valence-corrected chi connectivity index (χ2v) is 5.55. The second-order valence-electron chi connectivity index (χ2n) is 5.55. The first-order valence-corrected chi connectivity index (χ1v) is 7.24. The molecular weight excluding hydrogens is 279 g/mol. The monoisotopic (exact) mass is 296 g/mol. The van der Waals surface area contributed by atoms with Gasteiger partial charge in [0.1, 0.15) is 5.82 Å². The molecule has 3 rings (SSSR count). The lowest BCUT2D eigenvalue weighted by Gasteiger charge is -2.20. The van der Waals surface area contributed by atoms with Gasteiger partial charge in [-0.2, -0.15) is 5.10 Å². The maximum atomic E-state index is 13.1. The van der Waals surface area contributed by atoms with Crippen molar-refractivity contribution < 1.29 is 9.18 Å².